The zero-order valence-corrected chi connectivity index (χ0v) is 12.1. The molecule has 1 heterocycles. The van der Waals surface area contributed by atoms with Crippen molar-refractivity contribution in [2.75, 3.05) is 7.11 Å². The zero-order chi connectivity index (χ0) is 12.4. The van der Waals surface area contributed by atoms with Crippen LogP contribution in [0.2, 0.25) is 0 Å². The minimum absolute atomic E-state index is 0.226. The van der Waals surface area contributed by atoms with Crippen LogP contribution in [0.5, 0.6) is 5.75 Å². The first-order chi connectivity index (χ1) is 8.11. The molecule has 0 fully saturated rings. The number of alkyl halides is 1. The van der Waals surface area contributed by atoms with Gasteiger partial charge >= 0.3 is 0 Å². The van der Waals surface area contributed by atoms with Gasteiger partial charge in [0, 0.05) is 0 Å². The summed E-state index contributed by atoms with van der Waals surface area (Å²) in [5, 5.41) is 1.60. The van der Waals surface area contributed by atoms with Crippen LogP contribution in [0.15, 0.2) is 33.4 Å². The van der Waals surface area contributed by atoms with Gasteiger partial charge in [-0.05, 0) is 50.6 Å². The van der Waals surface area contributed by atoms with E-state index >= 15 is 0 Å². The molecule has 0 N–H and O–H groups in total. The number of thiophene rings is 1. The van der Waals surface area contributed by atoms with Gasteiger partial charge in [-0.2, -0.15) is 0 Å². The predicted molar refractivity (Wildman–Crippen MR) is 72.7 cm³/mol. The highest BCUT2D eigenvalue weighted by molar-refractivity contribution is 9.11. The fourth-order valence-electron chi connectivity index (χ4n) is 1.49. The first-order valence-electron chi connectivity index (χ1n) is 4.83. The molecule has 0 bridgehead atoms. The van der Waals surface area contributed by atoms with E-state index in [-0.39, 0.29) is 11.1 Å². The molecule has 0 saturated heterocycles. The van der Waals surface area contributed by atoms with Crippen molar-refractivity contribution >= 4 is 38.9 Å². The average molecular weight is 336 g/mol. The molecule has 2 rings (SSSR count). The summed E-state index contributed by atoms with van der Waals surface area (Å²) in [4.78, 5) is 0. The zero-order valence-electron chi connectivity index (χ0n) is 8.91. The second-order valence-electron chi connectivity index (χ2n) is 3.44. The van der Waals surface area contributed by atoms with Crippen LogP contribution in [-0.2, 0) is 0 Å². The van der Waals surface area contributed by atoms with Gasteiger partial charge in [-0.3, -0.25) is 0 Å². The Balaban J connectivity index is 2.31. The topological polar surface area (TPSA) is 9.23 Å². The number of ether oxygens (including phenoxy) is 1. The molecule has 0 aliphatic heterocycles. The molecule has 0 aliphatic rings. The molecule has 1 atom stereocenters. The number of hydrogen-bond acceptors (Lipinski definition) is 2. The second-order valence-corrected chi connectivity index (χ2v) is 6.17. The van der Waals surface area contributed by atoms with Crippen LogP contribution in [0, 0.1) is 5.82 Å². The number of rotatable bonds is 3. The van der Waals surface area contributed by atoms with E-state index in [4.69, 9.17) is 16.3 Å². The van der Waals surface area contributed by atoms with E-state index in [1.807, 2.05) is 11.4 Å². The smallest absolute Gasteiger partial charge is 0.165 e. The summed E-state index contributed by atoms with van der Waals surface area (Å²) in [6.07, 6.45) is 0. The summed E-state index contributed by atoms with van der Waals surface area (Å²) >= 11 is 11.2. The van der Waals surface area contributed by atoms with Gasteiger partial charge in [-0.15, -0.1) is 22.9 Å². The second kappa shape index (κ2) is 5.38. The number of halogens is 3. The monoisotopic (exact) mass is 334 g/mol. The highest BCUT2D eigenvalue weighted by Gasteiger charge is 2.14. The lowest BCUT2D eigenvalue weighted by Crippen LogP contribution is -1.94. The van der Waals surface area contributed by atoms with Gasteiger partial charge in [0.05, 0.1) is 16.3 Å². The van der Waals surface area contributed by atoms with Gasteiger partial charge < -0.3 is 4.74 Å². The Morgan fingerprint density at radius 1 is 1.35 bits per heavy atom. The number of benzene rings is 1. The van der Waals surface area contributed by atoms with E-state index in [9.17, 15) is 4.39 Å². The van der Waals surface area contributed by atoms with E-state index in [1.54, 1.807) is 23.5 Å². The average Bonchev–Trinajstić information content (AvgIpc) is 2.75. The molecule has 0 spiro atoms. The third-order valence-electron chi connectivity index (χ3n) is 2.35. The summed E-state index contributed by atoms with van der Waals surface area (Å²) in [5.74, 6) is -0.172. The molecule has 1 unspecified atom stereocenters. The summed E-state index contributed by atoms with van der Waals surface area (Å²) in [7, 11) is 1.44. The Morgan fingerprint density at radius 3 is 2.65 bits per heavy atom. The fraction of sp³-hybridized carbons (Fsp3) is 0.167. The van der Waals surface area contributed by atoms with E-state index in [0.717, 1.165) is 14.9 Å². The predicted octanol–water partition coefficient (Wildman–Crippen LogP) is 4.99. The van der Waals surface area contributed by atoms with Gasteiger partial charge in [0.2, 0.25) is 0 Å². The molecule has 90 valence electrons. The Bertz CT molecular complexity index is 529. The first kappa shape index (κ1) is 12.9. The molecule has 5 heteroatoms. The maximum absolute atomic E-state index is 13.5. The molecular formula is C12H9BrClFOS. The van der Waals surface area contributed by atoms with Crippen molar-refractivity contribution in [3.63, 3.8) is 0 Å². The maximum Gasteiger partial charge on any atom is 0.165 e. The molecule has 0 radical (unpaired) electrons. The summed E-state index contributed by atoms with van der Waals surface area (Å²) in [5.41, 5.74) is 1.67. The Morgan fingerprint density at radius 2 is 2.12 bits per heavy atom. The van der Waals surface area contributed by atoms with E-state index in [0.29, 0.717) is 0 Å². The van der Waals surface area contributed by atoms with Crippen LogP contribution in [0.25, 0.3) is 0 Å². The van der Waals surface area contributed by atoms with Crippen molar-refractivity contribution in [1.29, 1.82) is 0 Å². The molecule has 0 aliphatic carbocycles. The van der Waals surface area contributed by atoms with Crippen LogP contribution in [-0.4, -0.2) is 7.11 Å². The molecule has 0 amide bonds. The standard InChI is InChI=1S/C12H9BrClFOS/c1-16-10-3-2-7(4-9(10)15)12(14)8-5-11(13)17-6-8/h2-6,12H,1H3. The van der Waals surface area contributed by atoms with Crippen LogP contribution in [0.4, 0.5) is 4.39 Å². The van der Waals surface area contributed by atoms with Gasteiger partial charge in [0.15, 0.2) is 11.6 Å². The minimum Gasteiger partial charge on any atom is -0.494 e. The van der Waals surface area contributed by atoms with Crippen LogP contribution >= 0.6 is 38.9 Å². The summed E-state index contributed by atoms with van der Waals surface area (Å²) in [6, 6.07) is 6.69. The normalized spacial score (nSPS) is 12.5. The number of hydrogen-bond donors (Lipinski definition) is 0. The Kier molecular flexibility index (Phi) is 4.07. The van der Waals surface area contributed by atoms with Crippen LogP contribution < -0.4 is 4.74 Å². The Labute approximate surface area is 116 Å². The lowest BCUT2D eigenvalue weighted by atomic mass is 10.1. The van der Waals surface area contributed by atoms with Crippen molar-refractivity contribution in [3.05, 3.63) is 50.4 Å². The van der Waals surface area contributed by atoms with Crippen LogP contribution in [0.1, 0.15) is 16.5 Å². The van der Waals surface area contributed by atoms with Gasteiger partial charge in [-0.25, -0.2) is 4.39 Å². The van der Waals surface area contributed by atoms with Crippen molar-refractivity contribution < 1.29 is 9.13 Å². The minimum atomic E-state index is -0.398. The van der Waals surface area contributed by atoms with Gasteiger partial charge in [0.25, 0.3) is 0 Å². The largest absolute Gasteiger partial charge is 0.494 e. The fourth-order valence-corrected chi connectivity index (χ4v) is 3.03. The third kappa shape index (κ3) is 2.81. The molecule has 2 aromatic rings. The molecule has 1 aromatic carbocycles. The van der Waals surface area contributed by atoms with Crippen molar-refractivity contribution in [3.8, 4) is 5.75 Å². The molecular weight excluding hydrogens is 327 g/mol. The molecule has 17 heavy (non-hydrogen) atoms. The van der Waals surface area contributed by atoms with Gasteiger partial charge in [-0.1, -0.05) is 6.07 Å². The quantitative estimate of drug-likeness (QED) is 0.718. The van der Waals surface area contributed by atoms with Crippen molar-refractivity contribution in [2.24, 2.45) is 0 Å². The molecule has 1 aromatic heterocycles. The lowest BCUT2D eigenvalue weighted by molar-refractivity contribution is 0.386. The SMILES string of the molecule is COc1ccc(C(Cl)c2csc(Br)c2)cc1F. The third-order valence-corrected chi connectivity index (χ3v) is 4.38. The summed E-state index contributed by atoms with van der Waals surface area (Å²) < 4.78 is 19.4. The van der Waals surface area contributed by atoms with E-state index in [2.05, 4.69) is 15.9 Å². The maximum atomic E-state index is 13.5. The highest BCUT2D eigenvalue weighted by atomic mass is 79.9. The van der Waals surface area contributed by atoms with Crippen molar-refractivity contribution in [2.45, 2.75) is 5.38 Å². The highest BCUT2D eigenvalue weighted by Crippen LogP contribution is 2.35. The van der Waals surface area contributed by atoms with Crippen LogP contribution in [0.3, 0.4) is 0 Å². The first-order valence-corrected chi connectivity index (χ1v) is 6.94. The van der Waals surface area contributed by atoms with E-state index in [1.165, 1.54) is 13.2 Å². The summed E-state index contributed by atoms with van der Waals surface area (Å²) in [6.45, 7) is 0. The van der Waals surface area contributed by atoms with E-state index < -0.39 is 5.82 Å². The molecule has 0 saturated carbocycles. The molecule has 1 nitrogen and oxygen atoms in total. The Hall–Kier alpha value is -0.580. The van der Waals surface area contributed by atoms with Gasteiger partial charge in [0.1, 0.15) is 0 Å². The number of methoxy groups -OCH3 is 1. The lowest BCUT2D eigenvalue weighted by Gasteiger charge is -2.09. The van der Waals surface area contributed by atoms with Crippen molar-refractivity contribution in [1.82, 2.24) is 0 Å².